The number of fused-ring (bicyclic) bond motifs is 2. The van der Waals surface area contributed by atoms with Gasteiger partial charge in [-0.1, -0.05) is 24.3 Å². The summed E-state index contributed by atoms with van der Waals surface area (Å²) in [6.45, 7) is 7.94. The van der Waals surface area contributed by atoms with Gasteiger partial charge in [-0.15, -0.1) is 0 Å². The molecule has 6 N–H and O–H groups in total. The molecule has 2 fully saturated rings. The number of pyridine rings is 2. The van der Waals surface area contributed by atoms with Gasteiger partial charge >= 0.3 is 12.4 Å². The number of rotatable bonds is 8. The van der Waals surface area contributed by atoms with E-state index in [1.54, 1.807) is 37.5 Å². The summed E-state index contributed by atoms with van der Waals surface area (Å²) >= 11 is 0. The Morgan fingerprint density at radius 1 is 0.577 bits per heavy atom. The molecule has 4 atom stereocenters. The highest BCUT2D eigenvalue weighted by molar-refractivity contribution is 5.97. The first-order chi connectivity index (χ1) is 36.7. The van der Waals surface area contributed by atoms with E-state index < -0.39 is 46.3 Å². The maximum Gasteiger partial charge on any atom is 0.418 e. The number of carbonyl (C=O) groups is 2. The molecule has 6 aromatic heterocycles. The monoisotopic (exact) mass is 1080 g/mol. The highest BCUT2D eigenvalue weighted by Crippen LogP contribution is 2.42. The zero-order chi connectivity index (χ0) is 56.2. The third-order valence-corrected chi connectivity index (χ3v) is 14.9. The van der Waals surface area contributed by atoms with E-state index in [0.717, 1.165) is 33.8 Å². The SMILES string of the molecule is Cc1ncc(-c2cc(C(F)(F)F)c3c(N)ncnn23)cc1C(=O)N1CCCC(C(C)(O)c2ccc(F)cc2)C1.Cc1ncc(-c2cc(C(F)(F)F)c3c(N)ncnn23)cc1C(=O)N1CCCC(C(C)(O)c2ccc(F)cc2)C1. The fourth-order valence-corrected chi connectivity index (χ4v) is 10.4. The summed E-state index contributed by atoms with van der Waals surface area (Å²) in [5.74, 6) is -2.82. The van der Waals surface area contributed by atoms with Gasteiger partial charge in [0.25, 0.3) is 11.8 Å². The number of nitrogens with zero attached hydrogens (tertiary/aromatic N) is 10. The Kier molecular flexibility index (Phi) is 14.5. The van der Waals surface area contributed by atoms with Gasteiger partial charge < -0.3 is 31.5 Å². The van der Waals surface area contributed by atoms with Crippen molar-refractivity contribution < 1.29 is 54.9 Å². The Morgan fingerprint density at radius 3 is 1.28 bits per heavy atom. The summed E-state index contributed by atoms with van der Waals surface area (Å²) in [5, 5.41) is 30.6. The van der Waals surface area contributed by atoms with Gasteiger partial charge in [0, 0.05) is 61.5 Å². The highest BCUT2D eigenvalue weighted by Gasteiger charge is 2.42. The molecule has 2 saturated heterocycles. The zero-order valence-corrected chi connectivity index (χ0v) is 42.4. The van der Waals surface area contributed by atoms with Crippen LogP contribution in [-0.4, -0.2) is 97.2 Å². The summed E-state index contributed by atoms with van der Waals surface area (Å²) in [6.07, 6.45) is -1.96. The van der Waals surface area contributed by atoms with Gasteiger partial charge in [-0.3, -0.25) is 19.6 Å². The number of halogens is 8. The van der Waals surface area contributed by atoms with Gasteiger partial charge in [-0.05, 0) is 113 Å². The maximum absolute atomic E-state index is 13.8. The Bertz CT molecular complexity index is 3330. The number of aromatic nitrogens is 8. The number of aliphatic hydroxyl groups is 2. The number of hydrogen-bond acceptors (Lipinski definition) is 12. The van der Waals surface area contributed by atoms with E-state index in [4.69, 9.17) is 11.5 Å². The quantitative estimate of drug-likeness (QED) is 0.105. The number of carbonyl (C=O) groups excluding carboxylic acids is 2. The Morgan fingerprint density at radius 2 is 0.936 bits per heavy atom. The number of hydrogen-bond donors (Lipinski definition) is 4. The molecule has 0 radical (unpaired) electrons. The lowest BCUT2D eigenvalue weighted by Crippen LogP contribution is -2.47. The predicted octanol–water partition coefficient (Wildman–Crippen LogP) is 9.20. The molecule has 16 nitrogen and oxygen atoms in total. The summed E-state index contributed by atoms with van der Waals surface area (Å²) in [7, 11) is 0. The number of piperidine rings is 2. The van der Waals surface area contributed by atoms with Crippen LogP contribution in [0, 0.1) is 37.3 Å². The van der Waals surface area contributed by atoms with Crippen LogP contribution in [0.2, 0.25) is 0 Å². The van der Waals surface area contributed by atoms with Crippen molar-refractivity contribution in [2.75, 3.05) is 37.6 Å². The molecular weight excluding hydrogens is 1030 g/mol. The lowest BCUT2D eigenvalue weighted by molar-refractivity contribution is -0.137. The first-order valence-electron chi connectivity index (χ1n) is 24.6. The molecule has 408 valence electrons. The first-order valence-corrected chi connectivity index (χ1v) is 24.6. The molecule has 8 heterocycles. The molecule has 24 heteroatoms. The first kappa shape index (κ1) is 54.7. The van der Waals surface area contributed by atoms with Crippen LogP contribution in [0.1, 0.15) is 93.9 Å². The molecule has 4 unspecified atom stereocenters. The summed E-state index contributed by atoms with van der Waals surface area (Å²) in [4.78, 5) is 46.5. The van der Waals surface area contributed by atoms with Gasteiger partial charge in [0.1, 0.15) is 35.3 Å². The number of anilines is 2. The maximum atomic E-state index is 13.8. The second-order valence-electron chi connectivity index (χ2n) is 19.9. The van der Waals surface area contributed by atoms with E-state index in [-0.39, 0.29) is 93.1 Å². The van der Waals surface area contributed by atoms with Gasteiger partial charge in [-0.2, -0.15) is 36.5 Å². The molecule has 0 aliphatic carbocycles. The van der Waals surface area contributed by atoms with Crippen LogP contribution in [0.15, 0.2) is 97.8 Å². The van der Waals surface area contributed by atoms with Gasteiger partial charge in [0.2, 0.25) is 0 Å². The lowest BCUT2D eigenvalue weighted by atomic mass is 9.78. The van der Waals surface area contributed by atoms with Crippen LogP contribution in [0.3, 0.4) is 0 Å². The van der Waals surface area contributed by atoms with E-state index >= 15 is 0 Å². The number of aryl methyl sites for hydroxylation is 2. The topological polar surface area (TPSA) is 219 Å². The minimum absolute atomic E-state index is 0.0590. The second kappa shape index (κ2) is 20.7. The van der Waals surface area contributed by atoms with Crippen molar-refractivity contribution in [3.05, 3.63) is 154 Å². The van der Waals surface area contributed by atoms with Crippen molar-refractivity contribution in [1.82, 2.24) is 49.0 Å². The molecule has 0 spiro atoms. The van der Waals surface area contributed by atoms with Gasteiger partial charge in [-0.25, -0.2) is 27.8 Å². The predicted molar refractivity (Wildman–Crippen MR) is 270 cm³/mol. The molecule has 10 rings (SSSR count). The lowest BCUT2D eigenvalue weighted by Gasteiger charge is -2.41. The number of likely N-dealkylation sites (tertiary alicyclic amines) is 2. The van der Waals surface area contributed by atoms with Gasteiger partial charge in [0.05, 0.1) is 56.2 Å². The Hall–Kier alpha value is -8.12. The van der Waals surface area contributed by atoms with Crippen LogP contribution < -0.4 is 11.5 Å². The zero-order valence-electron chi connectivity index (χ0n) is 42.4. The van der Waals surface area contributed by atoms with Crippen LogP contribution in [0.5, 0.6) is 0 Å². The van der Waals surface area contributed by atoms with E-state index in [1.807, 2.05) is 0 Å². The highest BCUT2D eigenvalue weighted by atomic mass is 19.4. The second-order valence-corrected chi connectivity index (χ2v) is 19.9. The normalized spacial score (nSPS) is 17.8. The molecule has 2 aliphatic rings. The van der Waals surface area contributed by atoms with Crippen LogP contribution >= 0.6 is 0 Å². The molecule has 2 aromatic carbocycles. The Balaban J connectivity index is 0.000000190. The van der Waals surface area contributed by atoms with E-state index in [9.17, 15) is 54.9 Å². The largest absolute Gasteiger partial charge is 0.418 e. The summed E-state index contributed by atoms with van der Waals surface area (Å²) in [6, 6.07) is 16.1. The number of amides is 2. The number of nitrogens with two attached hydrogens (primary N) is 2. The smallest absolute Gasteiger partial charge is 0.385 e. The van der Waals surface area contributed by atoms with E-state index in [0.29, 0.717) is 61.3 Å². The number of nitrogen functional groups attached to an aromatic ring is 2. The van der Waals surface area contributed by atoms with Crippen molar-refractivity contribution in [3.8, 4) is 22.5 Å². The fraction of sp³-hybridized carbons (Fsp3) is 0.333. The minimum atomic E-state index is -4.70. The molecule has 78 heavy (non-hydrogen) atoms. The van der Waals surface area contributed by atoms with Crippen molar-refractivity contribution in [1.29, 1.82) is 0 Å². The van der Waals surface area contributed by atoms with Crippen LogP contribution in [0.4, 0.5) is 46.8 Å². The van der Waals surface area contributed by atoms with E-state index in [2.05, 4.69) is 30.1 Å². The fourth-order valence-electron chi connectivity index (χ4n) is 10.4. The molecule has 8 aromatic rings. The minimum Gasteiger partial charge on any atom is -0.385 e. The molecule has 0 saturated carbocycles. The number of alkyl halides is 6. The molecule has 0 bridgehead atoms. The summed E-state index contributed by atoms with van der Waals surface area (Å²) < 4.78 is 112. The van der Waals surface area contributed by atoms with Gasteiger partial charge in [0.15, 0.2) is 11.6 Å². The van der Waals surface area contributed by atoms with Crippen molar-refractivity contribution in [2.24, 2.45) is 11.8 Å². The van der Waals surface area contributed by atoms with Crippen LogP contribution in [-0.2, 0) is 23.6 Å². The molecule has 2 amide bonds. The molecule has 2 aliphatic heterocycles. The average Bonchev–Trinajstić information content (AvgIpc) is 4.09. The third-order valence-electron chi connectivity index (χ3n) is 14.9. The summed E-state index contributed by atoms with van der Waals surface area (Å²) in [5.41, 5.74) is 9.12. The van der Waals surface area contributed by atoms with Crippen molar-refractivity contribution in [3.63, 3.8) is 0 Å². The van der Waals surface area contributed by atoms with E-state index in [1.165, 1.54) is 73.1 Å². The van der Waals surface area contributed by atoms with Crippen LogP contribution in [0.25, 0.3) is 33.5 Å². The average molecular weight is 1090 g/mol. The van der Waals surface area contributed by atoms with Crippen molar-refractivity contribution in [2.45, 2.75) is 76.9 Å². The Labute approximate surface area is 440 Å². The number of benzene rings is 2. The van der Waals surface area contributed by atoms with Crippen molar-refractivity contribution >= 4 is 34.5 Å². The third kappa shape index (κ3) is 10.5. The molecular formula is C54H52F8N12O4. The standard InChI is InChI=1S/2C27H26F4N6O2/c2*1-15-20(25(38)36-9-3-4-18(13-36)26(2,39)17-5-7-19(28)8-6-17)10-16(12-33-15)22-11-21(27(29,30)31)23-24(32)34-14-35-37(22)23/h2*5-8,10-12,14,18,39H,3-4,9,13H2,1-2H3,(H2,32,34,35).